The van der Waals surface area contributed by atoms with Crippen LogP contribution in [0.1, 0.15) is 13.3 Å². The van der Waals surface area contributed by atoms with Crippen molar-refractivity contribution in [1.82, 2.24) is 0 Å². The van der Waals surface area contributed by atoms with Crippen molar-refractivity contribution in [3.63, 3.8) is 0 Å². The average Bonchev–Trinajstić information content (AvgIpc) is 1.86. The summed E-state index contributed by atoms with van der Waals surface area (Å²) in [4.78, 5) is 10.2. The molecule has 1 unspecified atom stereocenters. The number of hydrogen-bond acceptors (Lipinski definition) is 4. The molecule has 0 rings (SSSR count). The van der Waals surface area contributed by atoms with Gasteiger partial charge in [0.2, 0.25) is 0 Å². The largest absolute Gasteiger partial charge is 0.479 e. The van der Waals surface area contributed by atoms with Gasteiger partial charge in [-0.05, 0) is 6.92 Å². The Morgan fingerprint density at radius 2 is 2.09 bits per heavy atom. The summed E-state index contributed by atoms with van der Waals surface area (Å²) in [6, 6.07) is 0. The van der Waals surface area contributed by atoms with Crippen LogP contribution < -0.4 is 0 Å². The lowest BCUT2D eigenvalue weighted by Crippen LogP contribution is -2.39. The molecule has 4 N–H and O–H groups in total. The van der Waals surface area contributed by atoms with Crippen molar-refractivity contribution in [3.8, 4) is 0 Å². The number of hydrogen-bond donors (Lipinski definition) is 4. The van der Waals surface area contributed by atoms with Crippen LogP contribution in [0, 0.1) is 0 Å². The van der Waals surface area contributed by atoms with Gasteiger partial charge in [0.25, 0.3) is 0 Å². The lowest BCUT2D eigenvalue weighted by atomic mass is 9.99. The molecule has 66 valence electrons. The van der Waals surface area contributed by atoms with Crippen molar-refractivity contribution in [2.24, 2.45) is 0 Å². The molecule has 5 nitrogen and oxygen atoms in total. The van der Waals surface area contributed by atoms with Gasteiger partial charge in [-0.2, -0.15) is 0 Å². The highest BCUT2D eigenvalue weighted by Gasteiger charge is 2.32. The Balaban J connectivity index is 4.01. The third-order valence-corrected chi connectivity index (χ3v) is 1.30. The first-order chi connectivity index (χ1) is 4.90. The van der Waals surface area contributed by atoms with E-state index in [1.165, 1.54) is 0 Å². The molecule has 0 bridgehead atoms. The summed E-state index contributed by atoms with van der Waals surface area (Å²) < 4.78 is 0. The minimum Gasteiger partial charge on any atom is -0.479 e. The molecule has 0 saturated heterocycles. The number of carboxylic acids is 1. The normalized spacial score (nSPS) is 18.9. The zero-order chi connectivity index (χ0) is 9.07. The molecule has 11 heavy (non-hydrogen) atoms. The SMILES string of the molecule is CC(O)(C[C@@H](O)CO)C(=O)O. The van der Waals surface area contributed by atoms with Gasteiger partial charge in [0.1, 0.15) is 0 Å². The molecular formula is C6H12O5. The Morgan fingerprint density at radius 3 is 2.36 bits per heavy atom. The van der Waals surface area contributed by atoms with Crippen molar-refractivity contribution in [1.29, 1.82) is 0 Å². The maximum atomic E-state index is 10.2. The van der Waals surface area contributed by atoms with Crippen LogP contribution in [0.2, 0.25) is 0 Å². The minimum atomic E-state index is -1.97. The van der Waals surface area contributed by atoms with Crippen LogP contribution in [0.15, 0.2) is 0 Å². The van der Waals surface area contributed by atoms with E-state index in [9.17, 15) is 4.79 Å². The highest BCUT2D eigenvalue weighted by Crippen LogP contribution is 2.11. The molecule has 0 saturated carbocycles. The molecule has 2 atom stereocenters. The van der Waals surface area contributed by atoms with E-state index < -0.39 is 24.3 Å². The Labute approximate surface area is 63.9 Å². The molecule has 0 heterocycles. The van der Waals surface area contributed by atoms with Gasteiger partial charge in [0.15, 0.2) is 5.60 Å². The summed E-state index contributed by atoms with van der Waals surface area (Å²) in [5.74, 6) is -1.41. The fourth-order valence-electron chi connectivity index (χ4n) is 0.611. The predicted octanol–water partition coefficient (Wildman–Crippen LogP) is -1.43. The molecule has 0 aromatic carbocycles. The van der Waals surface area contributed by atoms with E-state index in [1.807, 2.05) is 0 Å². The summed E-state index contributed by atoms with van der Waals surface area (Å²) >= 11 is 0. The average molecular weight is 164 g/mol. The van der Waals surface area contributed by atoms with Gasteiger partial charge in [-0.1, -0.05) is 0 Å². The van der Waals surface area contributed by atoms with Crippen molar-refractivity contribution in [3.05, 3.63) is 0 Å². The molecule has 0 fully saturated rings. The summed E-state index contributed by atoms with van der Waals surface area (Å²) in [5, 5.41) is 34.5. The van der Waals surface area contributed by atoms with Crippen molar-refractivity contribution < 1.29 is 25.2 Å². The molecule has 0 aromatic rings. The second-order valence-electron chi connectivity index (χ2n) is 2.62. The number of aliphatic hydroxyl groups is 3. The second kappa shape index (κ2) is 3.66. The predicted molar refractivity (Wildman–Crippen MR) is 36.0 cm³/mol. The Morgan fingerprint density at radius 1 is 1.64 bits per heavy atom. The summed E-state index contributed by atoms with van der Waals surface area (Å²) in [6.45, 7) is 0.512. The van der Waals surface area contributed by atoms with Crippen molar-refractivity contribution in [2.45, 2.75) is 25.0 Å². The zero-order valence-electron chi connectivity index (χ0n) is 6.19. The van der Waals surface area contributed by atoms with E-state index in [-0.39, 0.29) is 6.42 Å². The number of rotatable bonds is 4. The number of aliphatic carboxylic acids is 1. The van der Waals surface area contributed by atoms with Gasteiger partial charge < -0.3 is 20.4 Å². The Kier molecular flexibility index (Phi) is 3.44. The van der Waals surface area contributed by atoms with Crippen LogP contribution in [0.25, 0.3) is 0 Å². The van der Waals surface area contributed by atoms with Crippen LogP contribution in [-0.4, -0.2) is 44.7 Å². The third-order valence-electron chi connectivity index (χ3n) is 1.30. The maximum absolute atomic E-state index is 10.2. The number of carboxylic acid groups (broad SMARTS) is 1. The zero-order valence-corrected chi connectivity index (χ0v) is 6.19. The standard InChI is InChI=1S/C6H12O5/c1-6(11,5(9)10)2-4(8)3-7/h4,7-8,11H,2-3H2,1H3,(H,9,10)/t4-,6?/m1/s1. The lowest BCUT2D eigenvalue weighted by molar-refractivity contribution is -0.160. The van der Waals surface area contributed by atoms with Gasteiger partial charge in [-0.25, -0.2) is 4.79 Å². The van der Waals surface area contributed by atoms with Gasteiger partial charge in [-0.15, -0.1) is 0 Å². The van der Waals surface area contributed by atoms with Gasteiger partial charge in [0.05, 0.1) is 12.7 Å². The molecule has 0 aromatic heterocycles. The lowest BCUT2D eigenvalue weighted by Gasteiger charge is -2.19. The third kappa shape index (κ3) is 3.31. The molecule has 5 heteroatoms. The molecule has 0 aliphatic rings. The van der Waals surface area contributed by atoms with E-state index in [0.29, 0.717) is 0 Å². The molecule has 0 radical (unpaired) electrons. The number of aliphatic hydroxyl groups excluding tert-OH is 2. The van der Waals surface area contributed by atoms with E-state index in [0.717, 1.165) is 6.92 Å². The van der Waals surface area contributed by atoms with Crippen LogP contribution in [0.4, 0.5) is 0 Å². The molecule has 0 amide bonds. The second-order valence-corrected chi connectivity index (χ2v) is 2.62. The smallest absolute Gasteiger partial charge is 0.335 e. The molecule has 0 aliphatic heterocycles. The van der Waals surface area contributed by atoms with E-state index >= 15 is 0 Å². The summed E-state index contributed by atoms with van der Waals surface area (Å²) in [7, 11) is 0. The monoisotopic (exact) mass is 164 g/mol. The van der Waals surface area contributed by atoms with Crippen LogP contribution in [0.5, 0.6) is 0 Å². The Bertz CT molecular complexity index is 142. The van der Waals surface area contributed by atoms with Crippen LogP contribution in [0.3, 0.4) is 0 Å². The topological polar surface area (TPSA) is 98.0 Å². The first-order valence-corrected chi connectivity index (χ1v) is 3.15. The maximum Gasteiger partial charge on any atom is 0.335 e. The fourth-order valence-corrected chi connectivity index (χ4v) is 0.611. The fraction of sp³-hybridized carbons (Fsp3) is 0.833. The van der Waals surface area contributed by atoms with Crippen molar-refractivity contribution in [2.75, 3.05) is 6.61 Å². The van der Waals surface area contributed by atoms with Gasteiger partial charge >= 0.3 is 5.97 Å². The van der Waals surface area contributed by atoms with Crippen molar-refractivity contribution >= 4 is 5.97 Å². The summed E-state index contributed by atoms with van der Waals surface area (Å²) in [6.07, 6.45) is -1.57. The molecular weight excluding hydrogens is 152 g/mol. The first-order valence-electron chi connectivity index (χ1n) is 3.15. The summed E-state index contributed by atoms with van der Waals surface area (Å²) in [5.41, 5.74) is -1.97. The highest BCUT2D eigenvalue weighted by atomic mass is 16.4. The number of carbonyl (C=O) groups is 1. The van der Waals surface area contributed by atoms with Gasteiger partial charge in [0, 0.05) is 6.42 Å². The molecule has 0 aliphatic carbocycles. The highest BCUT2D eigenvalue weighted by molar-refractivity contribution is 5.76. The Hall–Kier alpha value is -0.650. The van der Waals surface area contributed by atoms with E-state index in [4.69, 9.17) is 20.4 Å². The molecule has 0 spiro atoms. The van der Waals surface area contributed by atoms with Crippen LogP contribution in [-0.2, 0) is 4.79 Å². The van der Waals surface area contributed by atoms with E-state index in [1.54, 1.807) is 0 Å². The van der Waals surface area contributed by atoms with E-state index in [2.05, 4.69) is 0 Å². The van der Waals surface area contributed by atoms with Crippen LogP contribution >= 0.6 is 0 Å². The first kappa shape index (κ1) is 10.3. The quantitative estimate of drug-likeness (QED) is 0.408. The minimum absolute atomic E-state index is 0.376. The van der Waals surface area contributed by atoms with Gasteiger partial charge in [-0.3, -0.25) is 0 Å².